The van der Waals surface area contributed by atoms with Gasteiger partial charge in [-0.1, -0.05) is 0 Å². The van der Waals surface area contributed by atoms with Gasteiger partial charge in [0.2, 0.25) is 0 Å². The molecule has 0 unspecified atom stereocenters. The van der Waals surface area contributed by atoms with Crippen LogP contribution in [0.2, 0.25) is 0 Å². The first-order valence-corrected chi connectivity index (χ1v) is 4.87. The van der Waals surface area contributed by atoms with Gasteiger partial charge >= 0.3 is 5.97 Å². The third-order valence-corrected chi connectivity index (χ3v) is 2.32. The molecule has 1 aromatic rings. The van der Waals surface area contributed by atoms with Crippen LogP contribution >= 0.6 is 22.6 Å². The van der Waals surface area contributed by atoms with E-state index in [0.717, 1.165) is 0 Å². The van der Waals surface area contributed by atoms with Crippen LogP contribution in [0, 0.1) is 13.7 Å². The van der Waals surface area contributed by atoms with E-state index in [1.807, 2.05) is 22.6 Å². The number of nitro groups is 1. The number of halogens is 1. The number of nitrogens with zero attached hydrogens (tertiary/aromatic N) is 1. The zero-order valence-electron chi connectivity index (χ0n) is 7.34. The highest BCUT2D eigenvalue weighted by Gasteiger charge is 2.10. The smallest absolute Gasteiger partial charge is 0.341 e. The van der Waals surface area contributed by atoms with Crippen LogP contribution < -0.4 is 4.74 Å². The van der Waals surface area contributed by atoms with Crippen LogP contribution in [0.3, 0.4) is 0 Å². The van der Waals surface area contributed by atoms with E-state index in [1.165, 1.54) is 18.2 Å². The molecular formula is C8H6INO5. The average molecular weight is 323 g/mol. The minimum atomic E-state index is -1.09. The van der Waals surface area contributed by atoms with E-state index in [1.54, 1.807) is 0 Å². The fourth-order valence-electron chi connectivity index (χ4n) is 0.860. The summed E-state index contributed by atoms with van der Waals surface area (Å²) < 4.78 is 5.41. The van der Waals surface area contributed by atoms with Gasteiger partial charge < -0.3 is 9.84 Å². The molecule has 0 bridgehead atoms. The van der Waals surface area contributed by atoms with Gasteiger partial charge in [0, 0.05) is 12.1 Å². The van der Waals surface area contributed by atoms with Crippen molar-refractivity contribution in [1.82, 2.24) is 0 Å². The van der Waals surface area contributed by atoms with Crippen LogP contribution in [0.4, 0.5) is 5.69 Å². The maximum atomic E-state index is 10.4. The Labute approximate surface area is 98.1 Å². The van der Waals surface area contributed by atoms with Crippen molar-refractivity contribution < 1.29 is 19.6 Å². The molecule has 0 aliphatic rings. The van der Waals surface area contributed by atoms with Crippen LogP contribution in [-0.4, -0.2) is 22.6 Å². The van der Waals surface area contributed by atoms with Gasteiger partial charge in [-0.2, -0.15) is 0 Å². The van der Waals surface area contributed by atoms with E-state index in [-0.39, 0.29) is 5.69 Å². The quantitative estimate of drug-likeness (QED) is 0.517. The molecule has 0 heterocycles. The molecule has 6 nitrogen and oxygen atoms in total. The molecule has 7 heteroatoms. The van der Waals surface area contributed by atoms with Crippen molar-refractivity contribution >= 4 is 34.2 Å². The molecule has 0 saturated heterocycles. The first kappa shape index (κ1) is 11.7. The molecule has 80 valence electrons. The van der Waals surface area contributed by atoms with Crippen molar-refractivity contribution in [3.05, 3.63) is 31.9 Å². The van der Waals surface area contributed by atoms with E-state index in [0.29, 0.717) is 9.32 Å². The Bertz CT molecular complexity index is 406. The second-order valence-electron chi connectivity index (χ2n) is 2.55. The highest BCUT2D eigenvalue weighted by molar-refractivity contribution is 14.1. The molecule has 0 spiro atoms. The van der Waals surface area contributed by atoms with E-state index >= 15 is 0 Å². The van der Waals surface area contributed by atoms with Crippen molar-refractivity contribution in [1.29, 1.82) is 0 Å². The highest BCUT2D eigenvalue weighted by Crippen LogP contribution is 2.25. The first-order valence-electron chi connectivity index (χ1n) is 3.79. The standard InChI is InChI=1S/C8H6INO5/c9-6-3-5(10(13)14)1-2-7(6)15-4-8(11)12/h1-3H,4H2,(H,11,12). The predicted molar refractivity (Wildman–Crippen MR) is 58.9 cm³/mol. The lowest BCUT2D eigenvalue weighted by Crippen LogP contribution is -2.10. The minimum Gasteiger partial charge on any atom is -0.481 e. The maximum absolute atomic E-state index is 10.4. The van der Waals surface area contributed by atoms with Gasteiger partial charge in [-0.15, -0.1) is 0 Å². The fourth-order valence-corrected chi connectivity index (χ4v) is 1.51. The van der Waals surface area contributed by atoms with Crippen LogP contribution in [-0.2, 0) is 4.79 Å². The Morgan fingerprint density at radius 3 is 2.73 bits per heavy atom. The Hall–Kier alpha value is -1.38. The number of hydrogen-bond acceptors (Lipinski definition) is 4. The third kappa shape index (κ3) is 3.35. The number of carboxylic acid groups (broad SMARTS) is 1. The largest absolute Gasteiger partial charge is 0.481 e. The number of benzene rings is 1. The maximum Gasteiger partial charge on any atom is 0.341 e. The summed E-state index contributed by atoms with van der Waals surface area (Å²) in [6.07, 6.45) is 0. The van der Waals surface area contributed by atoms with Crippen molar-refractivity contribution in [3.63, 3.8) is 0 Å². The lowest BCUT2D eigenvalue weighted by Gasteiger charge is -2.04. The monoisotopic (exact) mass is 323 g/mol. The summed E-state index contributed by atoms with van der Waals surface area (Å²) in [7, 11) is 0. The molecule has 0 aliphatic carbocycles. The Morgan fingerprint density at radius 2 is 2.27 bits per heavy atom. The van der Waals surface area contributed by atoms with E-state index < -0.39 is 17.5 Å². The summed E-state index contributed by atoms with van der Waals surface area (Å²) in [6, 6.07) is 3.96. The summed E-state index contributed by atoms with van der Waals surface area (Å²) in [4.78, 5) is 20.1. The molecule has 0 aliphatic heterocycles. The van der Waals surface area contributed by atoms with Gasteiger partial charge in [-0.05, 0) is 28.7 Å². The second kappa shape index (κ2) is 4.91. The molecule has 1 rings (SSSR count). The highest BCUT2D eigenvalue weighted by atomic mass is 127. The number of aliphatic carboxylic acids is 1. The number of ether oxygens (including phenoxy) is 1. The molecule has 0 aromatic heterocycles. The van der Waals surface area contributed by atoms with Crippen LogP contribution in [0.1, 0.15) is 0 Å². The van der Waals surface area contributed by atoms with E-state index in [9.17, 15) is 14.9 Å². The van der Waals surface area contributed by atoms with E-state index in [2.05, 4.69) is 0 Å². The molecule has 0 fully saturated rings. The van der Waals surface area contributed by atoms with Gasteiger partial charge in [-0.25, -0.2) is 4.79 Å². The summed E-state index contributed by atoms with van der Waals surface area (Å²) in [5.74, 6) is -0.771. The lowest BCUT2D eigenvalue weighted by atomic mass is 10.3. The first-order chi connectivity index (χ1) is 7.00. The van der Waals surface area contributed by atoms with Gasteiger partial charge in [0.05, 0.1) is 8.49 Å². The number of carboxylic acids is 1. The minimum absolute atomic E-state index is 0.0536. The van der Waals surface area contributed by atoms with Crippen molar-refractivity contribution in [2.24, 2.45) is 0 Å². The summed E-state index contributed by atoms with van der Waals surface area (Å²) >= 11 is 1.84. The molecule has 0 atom stereocenters. The lowest BCUT2D eigenvalue weighted by molar-refractivity contribution is -0.385. The third-order valence-electron chi connectivity index (χ3n) is 1.48. The number of non-ortho nitro benzene ring substituents is 1. The molecule has 1 aromatic carbocycles. The number of rotatable bonds is 4. The van der Waals surface area contributed by atoms with Gasteiger partial charge in [0.25, 0.3) is 5.69 Å². The van der Waals surface area contributed by atoms with E-state index in [4.69, 9.17) is 9.84 Å². The van der Waals surface area contributed by atoms with Gasteiger partial charge in [0.1, 0.15) is 5.75 Å². The normalized spacial score (nSPS) is 9.67. The van der Waals surface area contributed by atoms with Crippen LogP contribution in [0.5, 0.6) is 5.75 Å². The fraction of sp³-hybridized carbons (Fsp3) is 0.125. The van der Waals surface area contributed by atoms with Crippen LogP contribution in [0.15, 0.2) is 18.2 Å². The number of nitro benzene ring substituents is 1. The summed E-state index contributed by atoms with van der Waals surface area (Å²) in [5.41, 5.74) is -0.0536. The average Bonchev–Trinajstić information content (AvgIpc) is 2.15. The molecule has 0 saturated carbocycles. The number of hydrogen-bond donors (Lipinski definition) is 1. The SMILES string of the molecule is O=C(O)COc1ccc([N+](=O)[O-])cc1I. The van der Waals surface area contributed by atoms with Crippen molar-refractivity contribution in [2.75, 3.05) is 6.61 Å². The summed E-state index contributed by atoms with van der Waals surface area (Å²) in [5, 5.41) is 18.8. The predicted octanol–water partition coefficient (Wildman–Crippen LogP) is 1.66. The zero-order chi connectivity index (χ0) is 11.4. The van der Waals surface area contributed by atoms with Gasteiger partial charge in [0.15, 0.2) is 6.61 Å². The Morgan fingerprint density at radius 1 is 1.60 bits per heavy atom. The second-order valence-corrected chi connectivity index (χ2v) is 3.72. The van der Waals surface area contributed by atoms with Gasteiger partial charge in [-0.3, -0.25) is 10.1 Å². The number of carbonyl (C=O) groups is 1. The summed E-state index contributed by atoms with van der Waals surface area (Å²) in [6.45, 7) is -0.464. The van der Waals surface area contributed by atoms with Crippen molar-refractivity contribution in [3.8, 4) is 5.75 Å². The topological polar surface area (TPSA) is 89.7 Å². The molecule has 15 heavy (non-hydrogen) atoms. The molecule has 0 radical (unpaired) electrons. The Kier molecular flexibility index (Phi) is 3.83. The van der Waals surface area contributed by atoms with Crippen LogP contribution in [0.25, 0.3) is 0 Å². The van der Waals surface area contributed by atoms with Crippen molar-refractivity contribution in [2.45, 2.75) is 0 Å². The molecule has 1 N–H and O–H groups in total. The Balaban J connectivity index is 2.83. The molecular weight excluding hydrogens is 317 g/mol. The zero-order valence-corrected chi connectivity index (χ0v) is 9.50. The molecule has 0 amide bonds.